The summed E-state index contributed by atoms with van der Waals surface area (Å²) in [5.41, 5.74) is 4.26. The van der Waals surface area contributed by atoms with Gasteiger partial charge in [0.2, 0.25) is 5.89 Å². The van der Waals surface area contributed by atoms with Gasteiger partial charge in [-0.05, 0) is 45.1 Å². The molecule has 0 atom stereocenters. The van der Waals surface area contributed by atoms with E-state index in [-0.39, 0.29) is 0 Å². The van der Waals surface area contributed by atoms with Crippen molar-refractivity contribution in [3.63, 3.8) is 0 Å². The van der Waals surface area contributed by atoms with Gasteiger partial charge in [0, 0.05) is 37.8 Å². The minimum Gasteiger partial charge on any atom is -0.409 e. The molecule has 148 valence electrons. The van der Waals surface area contributed by atoms with Gasteiger partial charge in [0.1, 0.15) is 0 Å². The summed E-state index contributed by atoms with van der Waals surface area (Å²) < 4.78 is 12.9. The first-order valence-corrected chi connectivity index (χ1v) is 9.90. The molecule has 2 aromatic heterocycles. The van der Waals surface area contributed by atoms with Gasteiger partial charge in [0.05, 0.1) is 18.9 Å². The largest absolute Gasteiger partial charge is 0.409 e. The summed E-state index contributed by atoms with van der Waals surface area (Å²) in [4.78, 5) is 5.12. The number of hydrogen-bond acceptors (Lipinski definition) is 7. The molecule has 1 fully saturated rings. The highest BCUT2D eigenvalue weighted by molar-refractivity contribution is 7.71. The van der Waals surface area contributed by atoms with E-state index in [9.17, 15) is 0 Å². The number of aromatic nitrogens is 3. The Hall–Kier alpha value is -2.29. The van der Waals surface area contributed by atoms with Crippen molar-refractivity contribution in [2.24, 2.45) is 0 Å². The van der Waals surface area contributed by atoms with E-state index < -0.39 is 0 Å². The van der Waals surface area contributed by atoms with Gasteiger partial charge < -0.3 is 8.94 Å². The fraction of sp³-hybridized carbons (Fsp3) is 0.450. The molecule has 0 radical (unpaired) electrons. The van der Waals surface area contributed by atoms with E-state index in [4.69, 9.17) is 21.2 Å². The fourth-order valence-corrected chi connectivity index (χ4v) is 3.78. The van der Waals surface area contributed by atoms with Crippen molar-refractivity contribution < 1.29 is 8.94 Å². The monoisotopic (exact) mass is 399 g/mol. The molecule has 0 amide bonds. The molecule has 28 heavy (non-hydrogen) atoms. The Kier molecular flexibility index (Phi) is 5.43. The van der Waals surface area contributed by atoms with E-state index in [1.807, 2.05) is 13.0 Å². The van der Waals surface area contributed by atoms with E-state index in [2.05, 4.69) is 52.1 Å². The van der Waals surface area contributed by atoms with Crippen molar-refractivity contribution in [3.8, 4) is 11.5 Å². The summed E-state index contributed by atoms with van der Waals surface area (Å²) in [6, 6.07) is 8.27. The van der Waals surface area contributed by atoms with Crippen LogP contribution in [0.25, 0.3) is 11.5 Å². The maximum Gasteiger partial charge on any atom is 0.288 e. The predicted molar refractivity (Wildman–Crippen MR) is 108 cm³/mol. The van der Waals surface area contributed by atoms with E-state index in [1.165, 1.54) is 11.1 Å². The first-order chi connectivity index (χ1) is 13.5. The number of rotatable bonds is 5. The van der Waals surface area contributed by atoms with Crippen LogP contribution in [0.3, 0.4) is 0 Å². The van der Waals surface area contributed by atoms with Crippen LogP contribution in [0.5, 0.6) is 0 Å². The molecule has 4 rings (SSSR count). The summed E-state index contributed by atoms with van der Waals surface area (Å²) >= 11 is 5.40. The second-order valence-electron chi connectivity index (χ2n) is 7.52. The molecule has 0 unspecified atom stereocenters. The second kappa shape index (κ2) is 7.98. The lowest BCUT2D eigenvalue weighted by Gasteiger charge is -2.33. The molecule has 0 N–H and O–H groups in total. The van der Waals surface area contributed by atoms with E-state index in [0.29, 0.717) is 17.4 Å². The highest BCUT2D eigenvalue weighted by atomic mass is 32.1. The van der Waals surface area contributed by atoms with Crippen molar-refractivity contribution >= 4 is 12.2 Å². The number of hydrogen-bond donors (Lipinski definition) is 0. The van der Waals surface area contributed by atoms with Gasteiger partial charge in [-0.25, -0.2) is 4.68 Å². The van der Waals surface area contributed by atoms with Crippen LogP contribution in [0, 0.1) is 25.6 Å². The van der Waals surface area contributed by atoms with Gasteiger partial charge in [-0.3, -0.25) is 9.80 Å². The third-order valence-electron chi connectivity index (χ3n) is 4.93. The van der Waals surface area contributed by atoms with Crippen LogP contribution >= 0.6 is 12.2 Å². The lowest BCUT2D eigenvalue weighted by molar-refractivity contribution is 0.0914. The van der Waals surface area contributed by atoms with Gasteiger partial charge in [-0.2, -0.15) is 0 Å². The molecule has 1 aliphatic heterocycles. The van der Waals surface area contributed by atoms with Crippen molar-refractivity contribution in [1.82, 2.24) is 24.7 Å². The van der Waals surface area contributed by atoms with Crippen LogP contribution < -0.4 is 0 Å². The quantitative estimate of drug-likeness (QED) is 0.608. The molecule has 3 heterocycles. The van der Waals surface area contributed by atoms with Crippen LogP contribution in [-0.2, 0) is 13.2 Å². The minimum absolute atomic E-state index is 0.411. The maximum absolute atomic E-state index is 5.76. The molecular formula is C20H25N5O2S. The molecule has 0 saturated carbocycles. The molecule has 0 aliphatic carbocycles. The molecule has 3 aromatic rings. The third kappa shape index (κ3) is 4.40. The predicted octanol–water partition coefficient (Wildman–Crippen LogP) is 3.56. The molecule has 7 nitrogen and oxygen atoms in total. The number of benzene rings is 1. The lowest BCUT2D eigenvalue weighted by atomic mass is 10.1. The molecule has 1 aliphatic rings. The summed E-state index contributed by atoms with van der Waals surface area (Å²) in [6.07, 6.45) is 0. The average molecular weight is 400 g/mol. The van der Waals surface area contributed by atoms with Gasteiger partial charge in [-0.15, -0.1) is 5.10 Å². The minimum atomic E-state index is 0.411. The molecule has 8 heteroatoms. The Labute approximate surface area is 169 Å². The molecule has 0 bridgehead atoms. The van der Waals surface area contributed by atoms with E-state index in [1.54, 1.807) is 4.68 Å². The van der Waals surface area contributed by atoms with Gasteiger partial charge in [0.25, 0.3) is 4.84 Å². The number of aryl methyl sites for hydroxylation is 3. The first kappa shape index (κ1) is 19.0. The number of nitrogens with zero attached hydrogens (tertiary/aromatic N) is 5. The Bertz CT molecular complexity index is 994. The van der Waals surface area contributed by atoms with Gasteiger partial charge in [-0.1, -0.05) is 22.3 Å². The van der Waals surface area contributed by atoms with Crippen molar-refractivity contribution in [2.75, 3.05) is 26.2 Å². The van der Waals surface area contributed by atoms with Gasteiger partial charge in [0.15, 0.2) is 5.76 Å². The highest BCUT2D eigenvalue weighted by Crippen LogP contribution is 2.21. The van der Waals surface area contributed by atoms with Crippen LogP contribution in [0.2, 0.25) is 0 Å². The maximum atomic E-state index is 5.76. The molecule has 0 spiro atoms. The normalized spacial score (nSPS) is 16.0. The Morgan fingerprint density at radius 2 is 1.64 bits per heavy atom. The van der Waals surface area contributed by atoms with Gasteiger partial charge >= 0.3 is 0 Å². The van der Waals surface area contributed by atoms with E-state index in [0.717, 1.165) is 49.7 Å². The summed E-state index contributed by atoms with van der Waals surface area (Å²) in [6.45, 7) is 11.4. The Morgan fingerprint density at radius 3 is 2.29 bits per heavy atom. The smallest absolute Gasteiger partial charge is 0.288 e. The SMILES string of the molecule is Cc1cc(C)cc(-c2nn(CN3CCN(Cc4cc(C)no4)CC3)c(=S)o2)c1. The zero-order chi connectivity index (χ0) is 19.7. The highest BCUT2D eigenvalue weighted by Gasteiger charge is 2.20. The first-order valence-electron chi connectivity index (χ1n) is 9.50. The molecular weight excluding hydrogens is 374 g/mol. The van der Waals surface area contributed by atoms with Crippen LogP contribution in [0.1, 0.15) is 22.6 Å². The molecule has 1 saturated heterocycles. The van der Waals surface area contributed by atoms with Crippen molar-refractivity contribution in [2.45, 2.75) is 34.0 Å². The second-order valence-corrected chi connectivity index (χ2v) is 7.87. The topological polar surface area (TPSA) is 63.5 Å². The summed E-state index contributed by atoms with van der Waals surface area (Å²) in [5, 5.41) is 8.57. The van der Waals surface area contributed by atoms with Crippen LogP contribution in [0.4, 0.5) is 0 Å². The average Bonchev–Trinajstić information content (AvgIpc) is 3.22. The zero-order valence-corrected chi connectivity index (χ0v) is 17.3. The lowest BCUT2D eigenvalue weighted by Crippen LogP contribution is -2.46. The standard InChI is InChI=1S/C20H25N5O2S/c1-14-8-15(2)10-17(9-14)19-21-25(20(28)26-19)13-24-6-4-23(5-7-24)12-18-11-16(3)22-27-18/h8-11H,4-7,12-13H2,1-3H3. The van der Waals surface area contributed by atoms with E-state index >= 15 is 0 Å². The van der Waals surface area contributed by atoms with Crippen molar-refractivity contribution in [3.05, 3.63) is 51.7 Å². The third-order valence-corrected chi connectivity index (χ3v) is 5.22. The van der Waals surface area contributed by atoms with Crippen molar-refractivity contribution in [1.29, 1.82) is 0 Å². The Morgan fingerprint density at radius 1 is 0.964 bits per heavy atom. The summed E-state index contributed by atoms with van der Waals surface area (Å²) in [5.74, 6) is 1.50. The fourth-order valence-electron chi connectivity index (χ4n) is 3.60. The number of piperazine rings is 1. The summed E-state index contributed by atoms with van der Waals surface area (Å²) in [7, 11) is 0. The van der Waals surface area contributed by atoms with Crippen LogP contribution in [0.15, 0.2) is 33.2 Å². The molecule has 1 aromatic carbocycles. The zero-order valence-electron chi connectivity index (χ0n) is 16.5. The van der Waals surface area contributed by atoms with Crippen LogP contribution in [-0.4, -0.2) is 50.9 Å². The Balaban J connectivity index is 1.37.